The maximum absolute atomic E-state index is 2.26. The van der Waals surface area contributed by atoms with Crippen LogP contribution in [0.3, 0.4) is 0 Å². The van der Waals surface area contributed by atoms with Crippen LogP contribution in [0.25, 0.3) is 9.40 Å². The van der Waals surface area contributed by atoms with E-state index in [4.69, 9.17) is 0 Å². The highest BCUT2D eigenvalue weighted by atomic mass is 127. The summed E-state index contributed by atoms with van der Waals surface area (Å²) in [6, 6.07) is 17.1. The highest BCUT2D eigenvalue weighted by Crippen LogP contribution is 2.22. The van der Waals surface area contributed by atoms with Crippen LogP contribution in [0.4, 0.5) is 5.69 Å². The molecule has 1 aromatic heterocycles. The van der Waals surface area contributed by atoms with Crippen LogP contribution >= 0.6 is 22.7 Å². The first-order valence-electron chi connectivity index (χ1n) is 5.86. The van der Waals surface area contributed by atoms with E-state index >= 15 is 0 Å². The van der Waals surface area contributed by atoms with Gasteiger partial charge >= 0.3 is 3.98 Å². The minimum atomic E-state index is 0. The average Bonchev–Trinajstić information content (AvgIpc) is 2.81. The molecule has 0 aliphatic heterocycles. The molecular formula is C15H14INS2. The molecule has 0 N–H and O–H groups in total. The smallest absolute Gasteiger partial charge is 0.320 e. The van der Waals surface area contributed by atoms with E-state index in [-0.39, 0.29) is 24.0 Å². The summed E-state index contributed by atoms with van der Waals surface area (Å²) in [7, 11) is 2.13. The third-order valence-corrected chi connectivity index (χ3v) is 5.57. The molecule has 0 aliphatic carbocycles. The van der Waals surface area contributed by atoms with Gasteiger partial charge in [0, 0.05) is 12.1 Å². The molecule has 0 amide bonds. The van der Waals surface area contributed by atoms with Gasteiger partial charge in [0.2, 0.25) is 5.69 Å². The lowest BCUT2D eigenvalue weighted by atomic mass is 10.2. The quantitative estimate of drug-likeness (QED) is 0.425. The van der Waals surface area contributed by atoms with E-state index in [1.54, 1.807) is 0 Å². The van der Waals surface area contributed by atoms with Crippen molar-refractivity contribution in [2.45, 2.75) is 6.92 Å². The van der Waals surface area contributed by atoms with Crippen LogP contribution in [0.5, 0.6) is 0 Å². The van der Waals surface area contributed by atoms with Crippen molar-refractivity contribution in [3.63, 3.8) is 0 Å². The van der Waals surface area contributed by atoms with Gasteiger partial charge in [-0.05, 0) is 24.6 Å². The maximum Gasteiger partial charge on any atom is 0.320 e. The van der Waals surface area contributed by atoms with E-state index in [1.165, 1.54) is 24.6 Å². The number of hydrogen-bond donors (Lipinski definition) is 0. The van der Waals surface area contributed by atoms with Crippen molar-refractivity contribution in [2.24, 2.45) is 0 Å². The maximum atomic E-state index is 2.26. The number of hydrogen-bond acceptors (Lipinski definition) is 2. The van der Waals surface area contributed by atoms with Crippen molar-refractivity contribution in [1.29, 1.82) is 0 Å². The molecule has 0 unspecified atom stereocenters. The Hall–Kier alpha value is -0.720. The third-order valence-electron chi connectivity index (χ3n) is 2.91. The molecule has 0 saturated heterocycles. The van der Waals surface area contributed by atoms with Gasteiger partial charge in [-0.25, -0.2) is 0 Å². The number of para-hydroxylation sites is 1. The lowest BCUT2D eigenvalue weighted by Gasteiger charge is -1.91. The third kappa shape index (κ3) is 3.07. The summed E-state index contributed by atoms with van der Waals surface area (Å²) < 4.78 is 6.31. The van der Waals surface area contributed by atoms with Crippen LogP contribution in [0.1, 0.15) is 5.56 Å². The molecule has 0 bridgehead atoms. The summed E-state index contributed by atoms with van der Waals surface area (Å²) in [4.78, 5) is 0. The standard InChI is InChI=1S/C15H14NS2.HI/c1-11-8-9-13-14(10-11)18-15(17-13)16(2)12-6-4-3-5-7-12;/h3-10H,1-2H3;1H/q+1;/p-1. The molecular weight excluding hydrogens is 385 g/mol. The van der Waals surface area contributed by atoms with Crippen molar-refractivity contribution in [1.82, 2.24) is 4.58 Å². The Kier molecular flexibility index (Phi) is 4.76. The number of aryl methyl sites for hydroxylation is 1. The second-order valence-corrected chi connectivity index (χ2v) is 6.63. The fourth-order valence-electron chi connectivity index (χ4n) is 1.88. The Morgan fingerprint density at radius 2 is 1.58 bits per heavy atom. The van der Waals surface area contributed by atoms with Gasteiger partial charge in [-0.1, -0.05) is 46.9 Å². The fraction of sp³-hybridized carbons (Fsp3) is 0.133. The largest absolute Gasteiger partial charge is 1.00 e. The van der Waals surface area contributed by atoms with E-state index in [1.807, 2.05) is 22.7 Å². The predicted octanol–water partition coefficient (Wildman–Crippen LogP) is 1.01. The fourth-order valence-corrected chi connectivity index (χ4v) is 4.41. The van der Waals surface area contributed by atoms with Gasteiger partial charge in [-0.3, -0.25) is 0 Å². The van der Waals surface area contributed by atoms with E-state index in [9.17, 15) is 0 Å². The van der Waals surface area contributed by atoms with Gasteiger partial charge in [-0.2, -0.15) is 4.58 Å². The Labute approximate surface area is 137 Å². The molecule has 0 aliphatic rings. The van der Waals surface area contributed by atoms with Gasteiger partial charge in [0.15, 0.2) is 0 Å². The molecule has 3 aromatic rings. The molecule has 2 aromatic carbocycles. The van der Waals surface area contributed by atoms with Gasteiger partial charge < -0.3 is 24.0 Å². The molecule has 4 heteroatoms. The molecule has 0 atom stereocenters. The molecule has 1 nitrogen and oxygen atoms in total. The number of fused-ring (bicyclic) bond motifs is 1. The Morgan fingerprint density at radius 3 is 2.32 bits per heavy atom. The summed E-state index contributed by atoms with van der Waals surface area (Å²) in [5, 5.41) is 0. The van der Waals surface area contributed by atoms with Crippen molar-refractivity contribution in [2.75, 3.05) is 7.05 Å². The van der Waals surface area contributed by atoms with Crippen molar-refractivity contribution >= 4 is 37.8 Å². The zero-order chi connectivity index (χ0) is 12.5. The van der Waals surface area contributed by atoms with E-state index in [0.717, 1.165) is 0 Å². The highest BCUT2D eigenvalue weighted by molar-refractivity contribution is 7.35. The second kappa shape index (κ2) is 6.15. The molecule has 1 heterocycles. The van der Waals surface area contributed by atoms with Crippen LogP contribution in [-0.2, 0) is 0 Å². The SMILES string of the molecule is Cc1ccc2sc(=[N+](C)c3ccccc3)sc2c1.[I-]. The Bertz CT molecular complexity index is 756. The molecule has 98 valence electrons. The number of benzene rings is 2. The minimum Gasteiger partial charge on any atom is -1.00 e. The summed E-state index contributed by atoms with van der Waals surface area (Å²) in [6.07, 6.45) is 0. The molecule has 3 rings (SSSR count). The van der Waals surface area contributed by atoms with E-state index in [0.29, 0.717) is 0 Å². The molecule has 0 saturated carbocycles. The first-order chi connectivity index (χ1) is 8.74. The van der Waals surface area contributed by atoms with Crippen LogP contribution < -0.4 is 32.5 Å². The molecule has 0 spiro atoms. The van der Waals surface area contributed by atoms with Gasteiger partial charge in [0.1, 0.15) is 7.05 Å². The zero-order valence-electron chi connectivity index (χ0n) is 10.8. The first-order valence-corrected chi connectivity index (χ1v) is 7.49. The molecule has 19 heavy (non-hydrogen) atoms. The summed E-state index contributed by atoms with van der Waals surface area (Å²) >= 11 is 3.71. The Morgan fingerprint density at radius 1 is 0.895 bits per heavy atom. The van der Waals surface area contributed by atoms with Crippen LogP contribution in [-0.4, -0.2) is 7.05 Å². The molecule has 0 radical (unpaired) electrons. The van der Waals surface area contributed by atoms with Crippen LogP contribution in [0.15, 0.2) is 48.5 Å². The minimum absolute atomic E-state index is 0. The summed E-state index contributed by atoms with van der Waals surface area (Å²) in [6.45, 7) is 2.14. The number of halogens is 1. The summed E-state index contributed by atoms with van der Waals surface area (Å²) in [5.74, 6) is 0. The zero-order valence-corrected chi connectivity index (χ0v) is 14.6. The van der Waals surface area contributed by atoms with E-state index < -0.39 is 0 Å². The second-order valence-electron chi connectivity index (χ2n) is 4.31. The topological polar surface area (TPSA) is 3.01 Å². The normalized spacial score (nSPS) is 12.1. The lowest BCUT2D eigenvalue weighted by Crippen LogP contribution is -3.00. The number of rotatable bonds is 1. The van der Waals surface area contributed by atoms with Crippen LogP contribution in [0, 0.1) is 6.92 Å². The average molecular weight is 399 g/mol. The predicted molar refractivity (Wildman–Crippen MR) is 81.7 cm³/mol. The molecule has 0 fully saturated rings. The van der Waals surface area contributed by atoms with Crippen molar-refractivity contribution < 1.29 is 24.0 Å². The highest BCUT2D eigenvalue weighted by Gasteiger charge is 2.08. The summed E-state index contributed by atoms with van der Waals surface area (Å²) in [5.41, 5.74) is 2.56. The van der Waals surface area contributed by atoms with Crippen molar-refractivity contribution in [3.05, 3.63) is 58.1 Å². The van der Waals surface area contributed by atoms with Gasteiger partial charge in [-0.15, -0.1) is 0 Å². The lowest BCUT2D eigenvalue weighted by molar-refractivity contribution is -0.00000348. The number of nitrogens with zero attached hydrogens (tertiary/aromatic N) is 1. The first kappa shape index (κ1) is 14.7. The van der Waals surface area contributed by atoms with Gasteiger partial charge in [0.25, 0.3) is 0 Å². The van der Waals surface area contributed by atoms with Crippen LogP contribution in [0.2, 0.25) is 0 Å². The van der Waals surface area contributed by atoms with Gasteiger partial charge in [0.05, 0.1) is 9.40 Å². The monoisotopic (exact) mass is 399 g/mol. The van der Waals surface area contributed by atoms with Crippen molar-refractivity contribution in [3.8, 4) is 0 Å². The Balaban J connectivity index is 0.00000133. The van der Waals surface area contributed by atoms with E-state index in [2.05, 4.69) is 67.1 Å².